The average molecular weight is 341 g/mol. The molecule has 1 fully saturated rings. The summed E-state index contributed by atoms with van der Waals surface area (Å²) in [7, 11) is 1.93. The van der Waals surface area contributed by atoms with E-state index in [9.17, 15) is 9.18 Å². The van der Waals surface area contributed by atoms with E-state index in [0.29, 0.717) is 12.2 Å². The maximum atomic E-state index is 13.7. The Morgan fingerprint density at radius 3 is 2.88 bits per heavy atom. The summed E-state index contributed by atoms with van der Waals surface area (Å²) in [5, 5.41) is 4.56. The summed E-state index contributed by atoms with van der Waals surface area (Å²) in [6.45, 7) is 0.714. The Kier molecular flexibility index (Phi) is 4.32. The van der Waals surface area contributed by atoms with E-state index in [1.165, 1.54) is 11.8 Å². The van der Waals surface area contributed by atoms with Crippen molar-refractivity contribution >= 4 is 5.91 Å². The largest absolute Gasteiger partial charge is 0.330 e. The lowest BCUT2D eigenvalue weighted by Crippen LogP contribution is -2.39. The number of rotatable bonds is 2. The zero-order valence-corrected chi connectivity index (χ0v) is 14.7. The smallest absolute Gasteiger partial charge is 0.275 e. The second-order valence-electron chi connectivity index (χ2n) is 7.17. The molecule has 25 heavy (non-hydrogen) atoms. The molecule has 1 aromatic heterocycles. The molecule has 1 atom stereocenters. The summed E-state index contributed by atoms with van der Waals surface area (Å²) in [6.07, 6.45) is 7.15. The van der Waals surface area contributed by atoms with Gasteiger partial charge in [0.25, 0.3) is 5.91 Å². The highest BCUT2D eigenvalue weighted by atomic mass is 19.1. The van der Waals surface area contributed by atoms with E-state index in [0.717, 1.165) is 56.1 Å². The maximum absolute atomic E-state index is 13.7. The lowest BCUT2D eigenvalue weighted by Gasteiger charge is -2.36. The predicted molar refractivity (Wildman–Crippen MR) is 93.9 cm³/mol. The molecule has 0 bridgehead atoms. The van der Waals surface area contributed by atoms with Crippen molar-refractivity contribution in [1.82, 2.24) is 14.7 Å². The molecule has 4 nitrogen and oxygen atoms in total. The predicted octanol–water partition coefficient (Wildman–Crippen LogP) is 3.81. The minimum atomic E-state index is -0.245. The number of carbonyl (C=O) groups excluding carboxylic acids is 1. The molecule has 1 saturated heterocycles. The molecule has 1 amide bonds. The van der Waals surface area contributed by atoms with Crippen LogP contribution in [0.4, 0.5) is 4.39 Å². The number of carbonyl (C=O) groups is 1. The fourth-order valence-corrected chi connectivity index (χ4v) is 4.32. The van der Waals surface area contributed by atoms with Crippen molar-refractivity contribution in [2.24, 2.45) is 7.05 Å². The molecule has 1 aliphatic heterocycles. The van der Waals surface area contributed by atoms with Gasteiger partial charge in [-0.25, -0.2) is 4.39 Å². The van der Waals surface area contributed by atoms with Gasteiger partial charge in [-0.1, -0.05) is 12.1 Å². The number of piperidine rings is 1. The van der Waals surface area contributed by atoms with E-state index in [1.54, 1.807) is 12.1 Å². The SMILES string of the molecule is Cn1nc(C(=O)N2CCCCC2c2cccc(F)c2)c2c1CCCC2. The number of aromatic nitrogens is 2. The molecule has 1 unspecified atom stereocenters. The number of nitrogens with zero attached hydrogens (tertiary/aromatic N) is 3. The highest BCUT2D eigenvalue weighted by Crippen LogP contribution is 2.34. The second-order valence-corrected chi connectivity index (χ2v) is 7.17. The fourth-order valence-electron chi connectivity index (χ4n) is 4.32. The van der Waals surface area contributed by atoms with Crippen LogP contribution in [0.3, 0.4) is 0 Å². The Labute approximate surface area is 147 Å². The van der Waals surface area contributed by atoms with Crippen LogP contribution in [0.1, 0.15) is 65.5 Å². The fraction of sp³-hybridized carbons (Fsp3) is 0.500. The third-order valence-electron chi connectivity index (χ3n) is 5.56. The zero-order chi connectivity index (χ0) is 17.4. The number of benzene rings is 1. The minimum absolute atomic E-state index is 0.00714. The van der Waals surface area contributed by atoms with Crippen LogP contribution in [0.15, 0.2) is 24.3 Å². The summed E-state index contributed by atoms with van der Waals surface area (Å²) in [6, 6.07) is 6.61. The van der Waals surface area contributed by atoms with E-state index in [2.05, 4.69) is 5.10 Å². The van der Waals surface area contributed by atoms with Crippen molar-refractivity contribution in [2.45, 2.75) is 51.0 Å². The molecule has 4 rings (SSSR count). The highest BCUT2D eigenvalue weighted by molar-refractivity contribution is 5.94. The van der Waals surface area contributed by atoms with E-state index in [4.69, 9.17) is 0 Å². The third kappa shape index (κ3) is 2.96. The van der Waals surface area contributed by atoms with Gasteiger partial charge < -0.3 is 4.90 Å². The second kappa shape index (κ2) is 6.62. The van der Waals surface area contributed by atoms with E-state index in [-0.39, 0.29) is 17.8 Å². The van der Waals surface area contributed by atoms with Crippen molar-refractivity contribution in [3.63, 3.8) is 0 Å². The molecular formula is C20H24FN3O. The van der Waals surface area contributed by atoms with Gasteiger partial charge in [0.05, 0.1) is 6.04 Å². The van der Waals surface area contributed by atoms with E-state index in [1.807, 2.05) is 22.7 Å². The molecule has 1 aromatic carbocycles. The first-order valence-electron chi connectivity index (χ1n) is 9.26. The van der Waals surface area contributed by atoms with Gasteiger partial charge in [0.2, 0.25) is 0 Å². The number of fused-ring (bicyclic) bond motifs is 1. The number of likely N-dealkylation sites (tertiary alicyclic amines) is 1. The van der Waals surface area contributed by atoms with Crippen LogP contribution in [0.5, 0.6) is 0 Å². The molecule has 1 aliphatic carbocycles. The molecule has 2 aromatic rings. The van der Waals surface area contributed by atoms with Crippen LogP contribution >= 0.6 is 0 Å². The molecular weight excluding hydrogens is 317 g/mol. The summed E-state index contributed by atoms with van der Waals surface area (Å²) in [5.74, 6) is -0.238. The average Bonchev–Trinajstić information content (AvgIpc) is 2.98. The third-order valence-corrected chi connectivity index (χ3v) is 5.56. The van der Waals surface area contributed by atoms with Gasteiger partial charge in [0, 0.05) is 24.8 Å². The maximum Gasteiger partial charge on any atom is 0.275 e. The first-order chi connectivity index (χ1) is 12.1. The zero-order valence-electron chi connectivity index (χ0n) is 14.7. The Balaban J connectivity index is 1.68. The van der Waals surface area contributed by atoms with Gasteiger partial charge in [0.1, 0.15) is 5.82 Å². The molecule has 0 saturated carbocycles. The Bertz CT molecular complexity index is 798. The van der Waals surface area contributed by atoms with Crippen LogP contribution in [-0.2, 0) is 19.9 Å². The first-order valence-corrected chi connectivity index (χ1v) is 9.26. The van der Waals surface area contributed by atoms with Crippen LogP contribution in [0.2, 0.25) is 0 Å². The van der Waals surface area contributed by atoms with Crippen molar-refractivity contribution < 1.29 is 9.18 Å². The lowest BCUT2D eigenvalue weighted by molar-refractivity contribution is 0.0603. The Morgan fingerprint density at radius 2 is 2.04 bits per heavy atom. The van der Waals surface area contributed by atoms with Gasteiger partial charge in [-0.15, -0.1) is 0 Å². The van der Waals surface area contributed by atoms with Crippen molar-refractivity contribution in [1.29, 1.82) is 0 Å². The monoisotopic (exact) mass is 341 g/mol. The highest BCUT2D eigenvalue weighted by Gasteiger charge is 2.33. The number of hydrogen-bond acceptors (Lipinski definition) is 2. The van der Waals surface area contributed by atoms with Crippen molar-refractivity contribution in [3.05, 3.63) is 52.6 Å². The summed E-state index contributed by atoms with van der Waals surface area (Å²) < 4.78 is 15.6. The molecule has 5 heteroatoms. The molecule has 0 spiro atoms. The first kappa shape index (κ1) is 16.3. The van der Waals surface area contributed by atoms with Crippen molar-refractivity contribution in [3.8, 4) is 0 Å². The number of hydrogen-bond donors (Lipinski definition) is 0. The van der Waals surface area contributed by atoms with Crippen LogP contribution in [-0.4, -0.2) is 27.1 Å². The number of halogens is 1. The molecule has 2 heterocycles. The summed E-state index contributed by atoms with van der Waals surface area (Å²) in [4.78, 5) is 15.2. The van der Waals surface area contributed by atoms with Crippen LogP contribution < -0.4 is 0 Å². The standard InChI is InChI=1S/C20H24FN3O/c1-23-18-11-3-2-9-16(18)19(22-23)20(25)24-12-5-4-10-17(24)14-7-6-8-15(21)13-14/h6-8,13,17H,2-5,9-12H2,1H3. The molecule has 2 aliphatic rings. The van der Waals surface area contributed by atoms with Gasteiger partial charge >= 0.3 is 0 Å². The van der Waals surface area contributed by atoms with E-state index < -0.39 is 0 Å². The Hall–Kier alpha value is -2.17. The van der Waals surface area contributed by atoms with Crippen LogP contribution in [0, 0.1) is 5.82 Å². The van der Waals surface area contributed by atoms with Gasteiger partial charge in [0.15, 0.2) is 5.69 Å². The number of aryl methyl sites for hydroxylation is 1. The van der Waals surface area contributed by atoms with Crippen LogP contribution in [0.25, 0.3) is 0 Å². The lowest BCUT2D eigenvalue weighted by atomic mass is 9.92. The topological polar surface area (TPSA) is 38.1 Å². The van der Waals surface area contributed by atoms with E-state index >= 15 is 0 Å². The van der Waals surface area contributed by atoms with Crippen molar-refractivity contribution in [2.75, 3.05) is 6.54 Å². The summed E-state index contributed by atoms with van der Waals surface area (Å²) >= 11 is 0. The molecule has 0 radical (unpaired) electrons. The molecule has 0 N–H and O–H groups in total. The Morgan fingerprint density at radius 1 is 1.20 bits per heavy atom. The number of amides is 1. The van der Waals surface area contributed by atoms with Gasteiger partial charge in [-0.2, -0.15) is 5.10 Å². The van der Waals surface area contributed by atoms with Gasteiger partial charge in [-0.05, 0) is 62.6 Å². The normalized spacial score (nSPS) is 20.4. The summed E-state index contributed by atoms with van der Waals surface area (Å²) in [5.41, 5.74) is 3.83. The quantitative estimate of drug-likeness (QED) is 0.833. The van der Waals surface area contributed by atoms with Gasteiger partial charge in [-0.3, -0.25) is 9.48 Å². The molecule has 132 valence electrons. The minimum Gasteiger partial charge on any atom is -0.330 e.